The van der Waals surface area contributed by atoms with E-state index in [9.17, 15) is 4.79 Å². The molecule has 0 unspecified atom stereocenters. The van der Waals surface area contributed by atoms with E-state index in [2.05, 4.69) is 4.74 Å². The monoisotopic (exact) mass is 194 g/mol. The molecule has 0 saturated heterocycles. The van der Waals surface area contributed by atoms with E-state index in [4.69, 9.17) is 4.74 Å². The fraction of sp³-hybridized carbons (Fsp3) is 0.400. The summed E-state index contributed by atoms with van der Waals surface area (Å²) in [5, 5.41) is 0. The van der Waals surface area contributed by atoms with Crippen molar-refractivity contribution < 1.29 is 14.3 Å². The summed E-state index contributed by atoms with van der Waals surface area (Å²) in [6, 6.07) is 0. The van der Waals surface area contributed by atoms with Gasteiger partial charge in [-0.2, -0.15) is 0 Å². The Hall–Kier alpha value is -0.510. The standard InChI is InChI=1S/C5H6O3.BrH/c1-7-4-2-5(6)8-3-4;/h2H,3H2,1H3;1H. The molecule has 1 aliphatic rings. The van der Waals surface area contributed by atoms with Gasteiger partial charge < -0.3 is 9.47 Å². The highest BCUT2D eigenvalue weighted by molar-refractivity contribution is 8.93. The maximum absolute atomic E-state index is 10.2. The second-order valence-corrected chi connectivity index (χ2v) is 1.42. The molecule has 0 saturated carbocycles. The van der Waals surface area contributed by atoms with Crippen LogP contribution in [0.1, 0.15) is 0 Å². The fourth-order valence-electron chi connectivity index (χ4n) is 0.475. The van der Waals surface area contributed by atoms with Crippen molar-refractivity contribution in [3.63, 3.8) is 0 Å². The van der Waals surface area contributed by atoms with Crippen LogP contribution in [0.4, 0.5) is 0 Å². The second kappa shape index (κ2) is 3.50. The van der Waals surface area contributed by atoms with E-state index in [0.29, 0.717) is 5.76 Å². The molecular weight excluding hydrogens is 188 g/mol. The molecule has 1 aliphatic heterocycles. The van der Waals surface area contributed by atoms with Crippen LogP contribution >= 0.6 is 17.0 Å². The molecular formula is C5H7BrO3. The quantitative estimate of drug-likeness (QED) is 0.576. The van der Waals surface area contributed by atoms with Crippen LogP contribution in [0.5, 0.6) is 0 Å². The predicted octanol–water partition coefficient (Wildman–Crippen LogP) is 0.651. The molecule has 3 nitrogen and oxygen atoms in total. The van der Waals surface area contributed by atoms with E-state index in [1.54, 1.807) is 0 Å². The van der Waals surface area contributed by atoms with Gasteiger partial charge in [-0.25, -0.2) is 4.79 Å². The van der Waals surface area contributed by atoms with Crippen molar-refractivity contribution in [1.82, 2.24) is 0 Å². The Kier molecular flexibility index (Phi) is 3.30. The van der Waals surface area contributed by atoms with Crippen LogP contribution in [0.25, 0.3) is 0 Å². The second-order valence-electron chi connectivity index (χ2n) is 1.42. The lowest BCUT2D eigenvalue weighted by Gasteiger charge is -1.93. The van der Waals surface area contributed by atoms with Gasteiger partial charge in [0.05, 0.1) is 13.2 Å². The van der Waals surface area contributed by atoms with Crippen LogP contribution in [0.15, 0.2) is 11.8 Å². The summed E-state index contributed by atoms with van der Waals surface area (Å²) < 4.78 is 9.20. The first kappa shape index (κ1) is 8.49. The third-order valence-corrected chi connectivity index (χ3v) is 0.898. The zero-order valence-electron chi connectivity index (χ0n) is 4.92. The number of esters is 1. The molecule has 0 atom stereocenters. The SMILES string of the molecule is Br.COC1=CC(=O)OC1. The third-order valence-electron chi connectivity index (χ3n) is 0.898. The lowest BCUT2D eigenvalue weighted by atomic mass is 10.5. The van der Waals surface area contributed by atoms with Gasteiger partial charge in [0.1, 0.15) is 12.4 Å². The van der Waals surface area contributed by atoms with Gasteiger partial charge in [0, 0.05) is 0 Å². The molecule has 9 heavy (non-hydrogen) atoms. The van der Waals surface area contributed by atoms with E-state index < -0.39 is 0 Å². The van der Waals surface area contributed by atoms with Gasteiger partial charge in [-0.15, -0.1) is 17.0 Å². The van der Waals surface area contributed by atoms with Gasteiger partial charge in [-0.1, -0.05) is 0 Å². The zero-order chi connectivity index (χ0) is 5.98. The predicted molar refractivity (Wildman–Crippen MR) is 36.4 cm³/mol. The Morgan fingerprint density at radius 2 is 2.44 bits per heavy atom. The molecule has 0 N–H and O–H groups in total. The Morgan fingerprint density at radius 1 is 1.78 bits per heavy atom. The number of ether oxygens (including phenoxy) is 2. The highest BCUT2D eigenvalue weighted by atomic mass is 79.9. The number of hydrogen-bond donors (Lipinski definition) is 0. The molecule has 0 radical (unpaired) electrons. The molecule has 0 aromatic heterocycles. The maximum atomic E-state index is 10.2. The largest absolute Gasteiger partial charge is 0.497 e. The molecule has 0 amide bonds. The topological polar surface area (TPSA) is 35.5 Å². The molecule has 0 bridgehead atoms. The summed E-state index contributed by atoms with van der Waals surface area (Å²) in [4.78, 5) is 10.2. The van der Waals surface area contributed by atoms with Crippen molar-refractivity contribution in [2.24, 2.45) is 0 Å². The molecule has 0 spiro atoms. The van der Waals surface area contributed by atoms with E-state index in [1.165, 1.54) is 13.2 Å². The highest BCUT2D eigenvalue weighted by Crippen LogP contribution is 2.04. The number of rotatable bonds is 1. The van der Waals surface area contributed by atoms with E-state index in [-0.39, 0.29) is 29.6 Å². The van der Waals surface area contributed by atoms with Crippen LogP contribution in [0.2, 0.25) is 0 Å². The number of carbonyl (C=O) groups excluding carboxylic acids is 1. The number of carbonyl (C=O) groups is 1. The number of halogens is 1. The Morgan fingerprint density at radius 3 is 2.67 bits per heavy atom. The van der Waals surface area contributed by atoms with Gasteiger partial charge in [0.15, 0.2) is 0 Å². The van der Waals surface area contributed by atoms with Crippen LogP contribution < -0.4 is 0 Å². The zero-order valence-corrected chi connectivity index (χ0v) is 6.63. The lowest BCUT2D eigenvalue weighted by molar-refractivity contribution is -0.135. The van der Waals surface area contributed by atoms with Gasteiger partial charge in [0.25, 0.3) is 0 Å². The van der Waals surface area contributed by atoms with Crippen molar-refractivity contribution in [3.8, 4) is 0 Å². The van der Waals surface area contributed by atoms with Gasteiger partial charge >= 0.3 is 5.97 Å². The van der Waals surface area contributed by atoms with Crippen LogP contribution in [0, 0.1) is 0 Å². The summed E-state index contributed by atoms with van der Waals surface area (Å²) >= 11 is 0. The summed E-state index contributed by atoms with van der Waals surface area (Å²) in [5.41, 5.74) is 0. The first-order chi connectivity index (χ1) is 3.83. The van der Waals surface area contributed by atoms with Gasteiger partial charge in [-0.3, -0.25) is 0 Å². The smallest absolute Gasteiger partial charge is 0.334 e. The summed E-state index contributed by atoms with van der Waals surface area (Å²) in [6.07, 6.45) is 1.33. The Balaban J connectivity index is 0.000000640. The van der Waals surface area contributed by atoms with E-state index in [0.717, 1.165) is 0 Å². The average Bonchev–Trinajstić information content (AvgIpc) is 2.14. The molecule has 52 valence electrons. The lowest BCUT2D eigenvalue weighted by Crippen LogP contribution is -1.91. The maximum Gasteiger partial charge on any atom is 0.334 e. The van der Waals surface area contributed by atoms with E-state index in [1.807, 2.05) is 0 Å². The van der Waals surface area contributed by atoms with Gasteiger partial charge in [0.2, 0.25) is 0 Å². The molecule has 1 heterocycles. The van der Waals surface area contributed by atoms with Crippen molar-refractivity contribution in [2.75, 3.05) is 13.7 Å². The first-order valence-electron chi connectivity index (χ1n) is 2.24. The molecule has 4 heteroatoms. The molecule has 0 aromatic rings. The minimum Gasteiger partial charge on any atom is -0.497 e. The van der Waals surface area contributed by atoms with Gasteiger partial charge in [-0.05, 0) is 0 Å². The minimum atomic E-state index is -0.318. The van der Waals surface area contributed by atoms with Crippen molar-refractivity contribution in [1.29, 1.82) is 0 Å². The van der Waals surface area contributed by atoms with Crippen molar-refractivity contribution >= 4 is 23.0 Å². The molecule has 1 rings (SSSR count). The molecule has 0 aliphatic carbocycles. The summed E-state index contributed by atoms with van der Waals surface area (Å²) in [5.74, 6) is 0.275. The van der Waals surface area contributed by atoms with E-state index >= 15 is 0 Å². The third kappa shape index (κ3) is 2.05. The number of methoxy groups -OCH3 is 1. The average molecular weight is 195 g/mol. The fourth-order valence-corrected chi connectivity index (χ4v) is 0.475. The normalized spacial score (nSPS) is 15.7. The van der Waals surface area contributed by atoms with Crippen LogP contribution in [-0.2, 0) is 14.3 Å². The highest BCUT2D eigenvalue weighted by Gasteiger charge is 2.11. The van der Waals surface area contributed by atoms with Crippen molar-refractivity contribution in [3.05, 3.63) is 11.8 Å². The van der Waals surface area contributed by atoms with Crippen molar-refractivity contribution in [2.45, 2.75) is 0 Å². The summed E-state index contributed by atoms with van der Waals surface area (Å²) in [6.45, 7) is 0.287. The minimum absolute atomic E-state index is 0. The van der Waals surface area contributed by atoms with Crippen LogP contribution in [-0.4, -0.2) is 19.7 Å². The molecule has 0 aromatic carbocycles. The molecule has 0 fully saturated rings. The Bertz CT molecular complexity index is 141. The number of cyclic esters (lactones) is 1. The van der Waals surface area contributed by atoms with Crippen LogP contribution in [0.3, 0.4) is 0 Å². The summed E-state index contributed by atoms with van der Waals surface area (Å²) in [7, 11) is 1.51. The number of hydrogen-bond acceptors (Lipinski definition) is 3. The first-order valence-corrected chi connectivity index (χ1v) is 2.24. The Labute approximate surface area is 63.4 Å².